The second kappa shape index (κ2) is 14.1. The molecule has 0 amide bonds. The van der Waals surface area contributed by atoms with Crippen molar-refractivity contribution in [3.05, 3.63) is 120 Å². The third-order valence-electron chi connectivity index (χ3n) is 10.3. The fraction of sp³-hybridized carbons (Fsp3) is 0.341. The zero-order valence-electron chi connectivity index (χ0n) is 29.6. The summed E-state index contributed by atoms with van der Waals surface area (Å²) in [5.41, 5.74) is 6.13. The molecule has 8 nitrogen and oxygen atoms in total. The van der Waals surface area contributed by atoms with E-state index in [1.165, 1.54) is 21.9 Å². The number of hydrogen-bond acceptors (Lipinski definition) is 7. The summed E-state index contributed by atoms with van der Waals surface area (Å²) in [4.78, 5) is 2.26. The molecular formula is C41H45N2O6S2-. The largest absolute Gasteiger partial charge is 0.748 e. The maximum Gasteiger partial charge on any atom is 0.210 e. The highest BCUT2D eigenvalue weighted by molar-refractivity contribution is 7.85. The summed E-state index contributed by atoms with van der Waals surface area (Å²) in [7, 11) is -8.54. The number of allylic oxidation sites excluding steroid dienone is 6. The molecule has 0 fully saturated rings. The van der Waals surface area contributed by atoms with Gasteiger partial charge in [0.1, 0.15) is 6.54 Å². The van der Waals surface area contributed by atoms with E-state index < -0.39 is 20.2 Å². The van der Waals surface area contributed by atoms with Gasteiger partial charge in [-0.25, -0.2) is 16.8 Å². The lowest BCUT2D eigenvalue weighted by Crippen LogP contribution is -2.28. The van der Waals surface area contributed by atoms with E-state index in [1.54, 1.807) is 0 Å². The number of rotatable bonds is 13. The van der Waals surface area contributed by atoms with Crippen molar-refractivity contribution in [3.63, 3.8) is 0 Å². The minimum atomic E-state index is -4.27. The van der Waals surface area contributed by atoms with Crippen molar-refractivity contribution in [1.29, 1.82) is 0 Å². The van der Waals surface area contributed by atoms with Crippen LogP contribution in [0.5, 0.6) is 0 Å². The van der Waals surface area contributed by atoms with E-state index in [1.807, 2.05) is 42.5 Å². The normalized spacial score (nSPS) is 17.8. The Labute approximate surface area is 302 Å². The van der Waals surface area contributed by atoms with Crippen molar-refractivity contribution < 1.29 is 30.5 Å². The molecule has 6 rings (SSSR count). The van der Waals surface area contributed by atoms with Gasteiger partial charge < -0.3 is 14.0 Å². The summed E-state index contributed by atoms with van der Waals surface area (Å²) in [6.07, 6.45) is 12.0. The van der Waals surface area contributed by atoms with Gasteiger partial charge in [-0.1, -0.05) is 86.7 Å². The fourth-order valence-electron chi connectivity index (χ4n) is 8.01. The molecule has 0 saturated carbocycles. The Morgan fingerprint density at radius 2 is 1.25 bits per heavy atom. The molecule has 2 aliphatic heterocycles. The first-order valence-electron chi connectivity index (χ1n) is 17.5. The first-order valence-corrected chi connectivity index (χ1v) is 20.6. The monoisotopic (exact) mass is 725 g/mol. The van der Waals surface area contributed by atoms with Crippen LogP contribution in [0.2, 0.25) is 0 Å². The minimum Gasteiger partial charge on any atom is -0.748 e. The van der Waals surface area contributed by atoms with Crippen LogP contribution in [0.3, 0.4) is 0 Å². The van der Waals surface area contributed by atoms with Gasteiger partial charge in [-0.05, 0) is 78.4 Å². The van der Waals surface area contributed by atoms with Crippen LogP contribution in [0.1, 0.15) is 64.5 Å². The molecular weight excluding hydrogens is 681 g/mol. The Hall–Kier alpha value is -4.09. The van der Waals surface area contributed by atoms with Crippen molar-refractivity contribution in [1.82, 2.24) is 0 Å². The molecule has 0 spiro atoms. The minimum absolute atomic E-state index is 0.298. The van der Waals surface area contributed by atoms with E-state index in [9.17, 15) is 25.9 Å². The highest BCUT2D eigenvalue weighted by atomic mass is 32.2. The van der Waals surface area contributed by atoms with Crippen LogP contribution in [0.4, 0.5) is 11.4 Å². The molecule has 0 aliphatic carbocycles. The average molecular weight is 726 g/mol. The summed E-state index contributed by atoms with van der Waals surface area (Å²) >= 11 is 0. The molecule has 0 aromatic heterocycles. The van der Waals surface area contributed by atoms with Gasteiger partial charge in [0.15, 0.2) is 5.71 Å². The fourth-order valence-corrected chi connectivity index (χ4v) is 9.12. The van der Waals surface area contributed by atoms with Gasteiger partial charge in [0, 0.05) is 59.0 Å². The number of benzene rings is 4. The van der Waals surface area contributed by atoms with Crippen LogP contribution in [0, 0.1) is 0 Å². The van der Waals surface area contributed by atoms with E-state index in [-0.39, 0.29) is 22.3 Å². The average Bonchev–Trinajstić information content (AvgIpc) is 3.42. The van der Waals surface area contributed by atoms with E-state index in [2.05, 4.69) is 97.9 Å². The maximum atomic E-state index is 11.3. The third-order valence-corrected chi connectivity index (χ3v) is 11.9. The molecule has 0 N–H and O–H groups in total. The second-order valence-corrected chi connectivity index (χ2v) is 17.6. The van der Waals surface area contributed by atoms with Crippen molar-refractivity contribution in [3.8, 4) is 0 Å². The molecule has 0 saturated heterocycles. The summed E-state index contributed by atoms with van der Waals surface area (Å²) in [6.45, 7) is 10.0. The number of anilines is 1. The third kappa shape index (κ3) is 7.60. The smallest absolute Gasteiger partial charge is 0.210 e. The Morgan fingerprint density at radius 3 is 1.90 bits per heavy atom. The molecule has 10 heteroatoms. The van der Waals surface area contributed by atoms with Crippen molar-refractivity contribution in [2.45, 2.75) is 64.2 Å². The summed E-state index contributed by atoms with van der Waals surface area (Å²) in [5, 5.41) is 4.68. The first-order chi connectivity index (χ1) is 24.1. The molecule has 2 heterocycles. The molecule has 268 valence electrons. The van der Waals surface area contributed by atoms with Crippen LogP contribution in [-0.2, 0) is 31.1 Å². The summed E-state index contributed by atoms with van der Waals surface area (Å²) < 4.78 is 70.0. The molecule has 0 radical (unpaired) electrons. The molecule has 0 atom stereocenters. The van der Waals surface area contributed by atoms with Crippen molar-refractivity contribution >= 4 is 58.9 Å². The lowest BCUT2D eigenvalue weighted by atomic mass is 9.79. The van der Waals surface area contributed by atoms with Gasteiger partial charge in [0.25, 0.3) is 0 Å². The molecule has 0 unspecified atom stereocenters. The van der Waals surface area contributed by atoms with Gasteiger partial charge >= 0.3 is 0 Å². The van der Waals surface area contributed by atoms with Crippen LogP contribution in [0.15, 0.2) is 109 Å². The number of fused-ring (bicyclic) bond motifs is 6. The van der Waals surface area contributed by atoms with Gasteiger partial charge in [-0.2, -0.15) is 4.58 Å². The lowest BCUT2D eigenvalue weighted by molar-refractivity contribution is -0.438. The van der Waals surface area contributed by atoms with E-state index >= 15 is 0 Å². The van der Waals surface area contributed by atoms with Crippen LogP contribution in [0.25, 0.3) is 21.5 Å². The van der Waals surface area contributed by atoms with Gasteiger partial charge in [0.05, 0.1) is 25.7 Å². The topological polar surface area (TPSA) is 121 Å². The number of hydrogen-bond donors (Lipinski definition) is 0. The van der Waals surface area contributed by atoms with E-state index in [4.69, 9.17) is 0 Å². The quantitative estimate of drug-likeness (QED) is 0.0597. The molecule has 2 aliphatic rings. The van der Waals surface area contributed by atoms with Crippen LogP contribution >= 0.6 is 0 Å². The van der Waals surface area contributed by atoms with E-state index in [0.717, 1.165) is 33.6 Å². The number of nitrogens with zero attached hydrogens (tertiary/aromatic N) is 2. The maximum absolute atomic E-state index is 11.3. The number of unbranched alkanes of at least 4 members (excludes halogenated alkanes) is 2. The first kappa shape index (κ1) is 36.7. The summed E-state index contributed by atoms with van der Waals surface area (Å²) in [6, 6.07) is 25.2. The SMILES string of the molecule is CC1(C)C(/C=C/C=C/C=C2/N(CCCCS(=O)(=O)[O-])c3ccc4ccccc4c3C2(C)C)=[N+](CCCCS(=O)(=O)[O-])c2ccc3ccccc3c21. The highest BCUT2D eigenvalue weighted by Crippen LogP contribution is 2.51. The lowest BCUT2D eigenvalue weighted by Gasteiger charge is -2.27. The predicted octanol–water partition coefficient (Wildman–Crippen LogP) is 7.81. The molecule has 4 aromatic carbocycles. The standard InChI is InChI=1S/C41H46N2O6S2/c1-40(2)36(42(26-12-14-28-50(44,45)46)34-24-22-30-16-8-10-18-32(30)38(34)40)20-6-5-7-21-37-41(3,4)39-33-19-11-9-17-31(33)23-25-35(39)43(37)27-13-15-29-51(47,48)49/h5-11,16-25H,12-15,26-29H2,1-4H3,(H-,44,45,46,47,48,49)/p-1. The molecule has 4 aromatic rings. The second-order valence-electron chi connectivity index (χ2n) is 14.5. The molecule has 0 bridgehead atoms. The van der Waals surface area contributed by atoms with Gasteiger partial charge in [-0.15, -0.1) is 0 Å². The zero-order chi connectivity index (χ0) is 36.6. The Bertz CT molecular complexity index is 2330. The summed E-state index contributed by atoms with van der Waals surface area (Å²) in [5.74, 6) is -0.746. The van der Waals surface area contributed by atoms with Crippen LogP contribution in [-0.4, -0.2) is 60.8 Å². The van der Waals surface area contributed by atoms with Crippen molar-refractivity contribution in [2.24, 2.45) is 0 Å². The Kier molecular flexibility index (Phi) is 10.2. The van der Waals surface area contributed by atoms with Crippen LogP contribution < -0.4 is 4.90 Å². The van der Waals surface area contributed by atoms with Gasteiger partial charge in [0.2, 0.25) is 5.69 Å². The van der Waals surface area contributed by atoms with Gasteiger partial charge in [-0.3, -0.25) is 0 Å². The van der Waals surface area contributed by atoms with Crippen molar-refractivity contribution in [2.75, 3.05) is 29.5 Å². The Morgan fingerprint density at radius 1 is 0.667 bits per heavy atom. The predicted molar refractivity (Wildman–Crippen MR) is 205 cm³/mol. The molecule has 51 heavy (non-hydrogen) atoms. The Balaban J connectivity index is 1.32. The van der Waals surface area contributed by atoms with E-state index in [0.29, 0.717) is 38.8 Å². The zero-order valence-corrected chi connectivity index (χ0v) is 31.3. The highest BCUT2D eigenvalue weighted by Gasteiger charge is 2.45.